The van der Waals surface area contributed by atoms with Crippen molar-refractivity contribution in [2.75, 3.05) is 32.1 Å². The van der Waals surface area contributed by atoms with E-state index in [-0.39, 0.29) is 32.3 Å². The van der Waals surface area contributed by atoms with Crippen LogP contribution in [0.4, 0.5) is 36.8 Å². The molecule has 0 spiro atoms. The molecule has 40 heavy (non-hydrogen) atoms. The molecule has 1 N–H and O–H groups in total. The quantitative estimate of drug-likeness (QED) is 0.289. The number of benzene rings is 2. The Kier molecular flexibility index (Phi) is 9.85. The third kappa shape index (κ3) is 8.76. The largest absolute Gasteiger partial charge is 0.464 e. The lowest BCUT2D eigenvalue weighted by molar-refractivity contribution is -0.143. The van der Waals surface area contributed by atoms with Gasteiger partial charge in [-0.15, -0.1) is 0 Å². The number of carbonyl (C=O) groups excluding carboxylic acids is 2. The molecule has 0 atom stereocenters. The first-order chi connectivity index (χ1) is 18.8. The second kappa shape index (κ2) is 12.9. The van der Waals surface area contributed by atoms with Crippen LogP contribution in [0.25, 0.3) is 0 Å². The topological polar surface area (TPSA) is 75.0 Å². The van der Waals surface area contributed by atoms with Crippen molar-refractivity contribution < 1.29 is 45.1 Å². The van der Waals surface area contributed by atoms with E-state index >= 15 is 0 Å². The van der Waals surface area contributed by atoms with Gasteiger partial charge in [-0.1, -0.05) is 30.3 Å². The molecule has 13 heteroatoms. The van der Waals surface area contributed by atoms with Crippen molar-refractivity contribution in [3.8, 4) is 0 Å². The number of urea groups is 1. The van der Waals surface area contributed by atoms with E-state index in [0.29, 0.717) is 23.7 Å². The molecule has 0 fully saturated rings. The minimum Gasteiger partial charge on any atom is -0.464 e. The van der Waals surface area contributed by atoms with Crippen LogP contribution in [0.1, 0.15) is 28.2 Å². The van der Waals surface area contributed by atoms with Crippen molar-refractivity contribution in [2.24, 2.45) is 0 Å². The van der Waals surface area contributed by atoms with Gasteiger partial charge in [-0.25, -0.2) is 4.79 Å². The fourth-order valence-electron chi connectivity index (χ4n) is 3.74. The number of amides is 3. The Morgan fingerprint density at radius 3 is 2.02 bits per heavy atom. The highest BCUT2D eigenvalue weighted by atomic mass is 19.4. The van der Waals surface area contributed by atoms with Crippen molar-refractivity contribution in [3.63, 3.8) is 0 Å². The summed E-state index contributed by atoms with van der Waals surface area (Å²) >= 11 is 0. The maximum Gasteiger partial charge on any atom is 0.416 e. The second-order valence-corrected chi connectivity index (χ2v) is 8.89. The van der Waals surface area contributed by atoms with E-state index < -0.39 is 47.6 Å². The molecular formula is C27H27F6N3O4. The molecule has 0 saturated carbocycles. The average Bonchev–Trinajstić information content (AvgIpc) is 3.29. The number of methoxy groups -OCH3 is 1. The molecule has 1 heterocycles. The van der Waals surface area contributed by atoms with E-state index in [2.05, 4.69) is 5.32 Å². The maximum absolute atomic E-state index is 13.4. The first-order valence-corrected chi connectivity index (χ1v) is 12.0. The highest BCUT2D eigenvalue weighted by Crippen LogP contribution is 2.37. The Morgan fingerprint density at radius 2 is 1.50 bits per heavy atom. The number of halogens is 6. The van der Waals surface area contributed by atoms with Crippen LogP contribution in [0.15, 0.2) is 65.1 Å². The number of aryl methyl sites for hydroxylation is 1. The fraction of sp³-hybridized carbons (Fsp3) is 0.333. The molecular weight excluding hydrogens is 544 g/mol. The molecule has 1 aromatic heterocycles. The molecule has 216 valence electrons. The lowest BCUT2D eigenvalue weighted by Gasteiger charge is -2.27. The Bertz CT molecular complexity index is 1260. The van der Waals surface area contributed by atoms with Gasteiger partial charge in [0.2, 0.25) is 5.91 Å². The van der Waals surface area contributed by atoms with Gasteiger partial charge in [0.05, 0.1) is 24.3 Å². The highest BCUT2D eigenvalue weighted by Gasteiger charge is 2.37. The Labute approximate surface area is 226 Å². The fourth-order valence-corrected chi connectivity index (χ4v) is 3.74. The summed E-state index contributed by atoms with van der Waals surface area (Å²) < 4.78 is 90.1. The van der Waals surface area contributed by atoms with Crippen LogP contribution >= 0.6 is 0 Å². The summed E-state index contributed by atoms with van der Waals surface area (Å²) in [5.41, 5.74) is -3.11. The normalized spacial score (nSPS) is 11.8. The molecule has 3 aromatic rings. The molecule has 0 aliphatic carbocycles. The summed E-state index contributed by atoms with van der Waals surface area (Å²) in [5.74, 6) is 0.574. The van der Waals surface area contributed by atoms with E-state index in [0.717, 1.165) is 10.5 Å². The first-order valence-electron chi connectivity index (χ1n) is 12.0. The van der Waals surface area contributed by atoms with Crippen LogP contribution in [0, 0.1) is 6.92 Å². The molecule has 7 nitrogen and oxygen atoms in total. The Hall–Kier alpha value is -4.00. The number of alkyl halides is 6. The van der Waals surface area contributed by atoms with Crippen molar-refractivity contribution in [1.82, 2.24) is 9.80 Å². The average molecular weight is 572 g/mol. The number of carbonyl (C=O) groups is 2. The number of furan rings is 1. The Morgan fingerprint density at radius 1 is 0.875 bits per heavy atom. The van der Waals surface area contributed by atoms with Crippen LogP contribution < -0.4 is 5.32 Å². The molecule has 3 amide bonds. The zero-order valence-corrected chi connectivity index (χ0v) is 21.6. The molecule has 2 aromatic carbocycles. The third-order valence-corrected chi connectivity index (χ3v) is 5.73. The van der Waals surface area contributed by atoms with Gasteiger partial charge in [-0.05, 0) is 42.8 Å². The minimum absolute atomic E-state index is 0.0420. The monoisotopic (exact) mass is 571 g/mol. The number of anilines is 1. The Balaban J connectivity index is 1.85. The van der Waals surface area contributed by atoms with Crippen LogP contribution in [0.3, 0.4) is 0 Å². The molecule has 0 aliphatic heterocycles. The summed E-state index contributed by atoms with van der Waals surface area (Å²) in [6.07, 6.45) is -10.2. The zero-order valence-electron chi connectivity index (χ0n) is 21.6. The summed E-state index contributed by atoms with van der Waals surface area (Å²) in [4.78, 5) is 28.8. The second-order valence-electron chi connectivity index (χ2n) is 8.89. The minimum atomic E-state index is -5.09. The molecule has 0 unspecified atom stereocenters. The number of hydrogen-bond donors (Lipinski definition) is 1. The van der Waals surface area contributed by atoms with Gasteiger partial charge in [0, 0.05) is 25.9 Å². The van der Waals surface area contributed by atoms with E-state index in [1.54, 1.807) is 49.4 Å². The van der Waals surface area contributed by atoms with Gasteiger partial charge in [0.15, 0.2) is 0 Å². The van der Waals surface area contributed by atoms with Crippen molar-refractivity contribution in [3.05, 3.63) is 88.9 Å². The number of hydrogen-bond acceptors (Lipinski definition) is 4. The number of nitrogens with zero attached hydrogens (tertiary/aromatic N) is 2. The lowest BCUT2D eigenvalue weighted by Crippen LogP contribution is -2.45. The standard InChI is InChI=1S/C27H27F6N3O4/c1-18-8-9-23(40-18)16-36(15-19-6-4-3-5-7-19)24(37)17-35(10-11-39-2)25(38)34-22-13-20(26(28,29)30)12-21(14-22)27(31,32)33/h3-9,12-14H,10-11,15-17H2,1-2H3,(H,34,38). The predicted molar refractivity (Wildman–Crippen MR) is 133 cm³/mol. The van der Waals surface area contributed by atoms with Crippen LogP contribution in [-0.4, -0.2) is 48.5 Å². The number of nitrogens with one attached hydrogen (secondary N) is 1. The number of ether oxygens (including phenoxy) is 1. The summed E-state index contributed by atoms with van der Waals surface area (Å²) in [5, 5.41) is 2.07. The number of rotatable bonds is 10. The van der Waals surface area contributed by atoms with Crippen LogP contribution in [0.5, 0.6) is 0 Å². The predicted octanol–water partition coefficient (Wildman–Crippen LogP) is 6.33. The lowest BCUT2D eigenvalue weighted by atomic mass is 10.1. The highest BCUT2D eigenvalue weighted by molar-refractivity contribution is 5.92. The molecule has 3 rings (SSSR count). The van der Waals surface area contributed by atoms with E-state index in [9.17, 15) is 35.9 Å². The van der Waals surface area contributed by atoms with Gasteiger partial charge >= 0.3 is 18.4 Å². The van der Waals surface area contributed by atoms with Crippen LogP contribution in [-0.2, 0) is 35.0 Å². The van der Waals surface area contributed by atoms with E-state index in [1.165, 1.54) is 12.0 Å². The van der Waals surface area contributed by atoms with Gasteiger partial charge < -0.3 is 24.3 Å². The molecule has 0 bridgehead atoms. The van der Waals surface area contributed by atoms with E-state index in [1.807, 2.05) is 0 Å². The first kappa shape index (κ1) is 30.5. The smallest absolute Gasteiger partial charge is 0.416 e. The zero-order chi connectivity index (χ0) is 29.5. The van der Waals surface area contributed by atoms with Gasteiger partial charge in [0.1, 0.15) is 18.1 Å². The van der Waals surface area contributed by atoms with E-state index in [4.69, 9.17) is 9.15 Å². The third-order valence-electron chi connectivity index (χ3n) is 5.73. The maximum atomic E-state index is 13.4. The van der Waals surface area contributed by atoms with Crippen molar-refractivity contribution in [1.29, 1.82) is 0 Å². The molecule has 0 saturated heterocycles. The summed E-state index contributed by atoms with van der Waals surface area (Å²) in [6, 6.07) is 12.1. The summed E-state index contributed by atoms with van der Waals surface area (Å²) in [6.45, 7) is 1.20. The van der Waals surface area contributed by atoms with Gasteiger partial charge in [0.25, 0.3) is 0 Å². The SMILES string of the molecule is COCCN(CC(=O)N(Cc1ccccc1)Cc1ccc(C)o1)C(=O)Nc1cc(C(F)(F)F)cc(C(F)(F)F)c1. The van der Waals surface area contributed by atoms with Crippen LogP contribution in [0.2, 0.25) is 0 Å². The molecule has 0 aliphatic rings. The summed E-state index contributed by atoms with van der Waals surface area (Å²) in [7, 11) is 1.33. The van der Waals surface area contributed by atoms with Crippen molar-refractivity contribution >= 4 is 17.6 Å². The molecule has 0 radical (unpaired) electrons. The van der Waals surface area contributed by atoms with Gasteiger partial charge in [-0.2, -0.15) is 26.3 Å². The van der Waals surface area contributed by atoms with Gasteiger partial charge in [-0.3, -0.25) is 4.79 Å². The van der Waals surface area contributed by atoms with Crippen molar-refractivity contribution in [2.45, 2.75) is 32.4 Å².